The summed E-state index contributed by atoms with van der Waals surface area (Å²) in [4.78, 5) is 14.6. The molecule has 3 rings (SSSR count). The first-order chi connectivity index (χ1) is 12.8. The summed E-state index contributed by atoms with van der Waals surface area (Å²) < 4.78 is 5.87. The molecule has 27 heavy (non-hydrogen) atoms. The number of carbonyl (C=O) groups excluding carboxylic acids is 1. The summed E-state index contributed by atoms with van der Waals surface area (Å²) in [5.41, 5.74) is 1.43. The SMILES string of the molecule is CC(=O)N(CCC1(c2ccc(Cl)cc2)CCCCC1)[C@H]1CCOC(C)(C)C1. The van der Waals surface area contributed by atoms with Crippen LogP contribution in [0.15, 0.2) is 24.3 Å². The molecule has 1 aliphatic carbocycles. The van der Waals surface area contributed by atoms with Crippen LogP contribution < -0.4 is 0 Å². The fourth-order valence-electron chi connectivity index (χ4n) is 5.11. The van der Waals surface area contributed by atoms with Crippen LogP contribution in [0.4, 0.5) is 0 Å². The summed E-state index contributed by atoms with van der Waals surface area (Å²) in [5, 5.41) is 0.791. The molecule has 1 aliphatic heterocycles. The van der Waals surface area contributed by atoms with E-state index >= 15 is 0 Å². The number of nitrogens with zero attached hydrogens (tertiary/aromatic N) is 1. The third kappa shape index (κ3) is 5.06. The number of hydrogen-bond acceptors (Lipinski definition) is 2. The molecule has 2 aliphatic rings. The lowest BCUT2D eigenvalue weighted by atomic mass is 9.67. The van der Waals surface area contributed by atoms with Crippen molar-refractivity contribution in [2.75, 3.05) is 13.2 Å². The first-order valence-electron chi connectivity index (χ1n) is 10.5. The van der Waals surface area contributed by atoms with Crippen LogP contribution in [0.1, 0.15) is 77.7 Å². The Morgan fingerprint density at radius 3 is 2.44 bits per heavy atom. The highest BCUT2D eigenvalue weighted by molar-refractivity contribution is 6.30. The first-order valence-corrected chi connectivity index (χ1v) is 10.9. The molecule has 150 valence electrons. The Balaban J connectivity index is 1.76. The second kappa shape index (κ2) is 8.53. The van der Waals surface area contributed by atoms with E-state index in [1.807, 2.05) is 12.1 Å². The van der Waals surface area contributed by atoms with Gasteiger partial charge in [0, 0.05) is 31.1 Å². The van der Waals surface area contributed by atoms with E-state index in [2.05, 4.69) is 30.9 Å². The van der Waals surface area contributed by atoms with Crippen LogP contribution in [0.2, 0.25) is 5.02 Å². The van der Waals surface area contributed by atoms with Crippen LogP contribution >= 0.6 is 11.6 Å². The van der Waals surface area contributed by atoms with Gasteiger partial charge in [0.25, 0.3) is 0 Å². The molecule has 3 nitrogen and oxygen atoms in total. The van der Waals surface area contributed by atoms with Crippen LogP contribution in [0.5, 0.6) is 0 Å². The molecule has 0 bridgehead atoms. The predicted molar refractivity (Wildman–Crippen MR) is 111 cm³/mol. The zero-order valence-electron chi connectivity index (χ0n) is 17.1. The predicted octanol–water partition coefficient (Wildman–Crippen LogP) is 5.74. The Hall–Kier alpha value is -1.06. The average Bonchev–Trinajstić information content (AvgIpc) is 2.62. The van der Waals surface area contributed by atoms with Crippen LogP contribution in [-0.2, 0) is 14.9 Å². The molecular formula is C23H34ClNO2. The Bertz CT molecular complexity index is 634. The molecular weight excluding hydrogens is 358 g/mol. The third-order valence-corrected chi connectivity index (χ3v) is 6.87. The topological polar surface area (TPSA) is 29.5 Å². The lowest BCUT2D eigenvalue weighted by molar-refractivity contribution is -0.138. The number of ether oxygens (including phenoxy) is 1. The highest BCUT2D eigenvalue weighted by Crippen LogP contribution is 2.43. The molecule has 0 aromatic heterocycles. The van der Waals surface area contributed by atoms with E-state index in [-0.39, 0.29) is 23.0 Å². The van der Waals surface area contributed by atoms with Crippen molar-refractivity contribution >= 4 is 17.5 Å². The molecule has 0 spiro atoms. The van der Waals surface area contributed by atoms with Gasteiger partial charge in [-0.05, 0) is 69.1 Å². The number of benzene rings is 1. The Labute approximate surface area is 169 Å². The van der Waals surface area contributed by atoms with Crippen LogP contribution in [0, 0.1) is 0 Å². The maximum Gasteiger partial charge on any atom is 0.219 e. The summed E-state index contributed by atoms with van der Waals surface area (Å²) in [6, 6.07) is 8.71. The van der Waals surface area contributed by atoms with E-state index in [9.17, 15) is 4.79 Å². The second-order valence-electron chi connectivity index (χ2n) is 9.07. The molecule has 0 N–H and O–H groups in total. The minimum atomic E-state index is -0.144. The summed E-state index contributed by atoms with van der Waals surface area (Å²) in [6.07, 6.45) is 9.17. The number of amides is 1. The van der Waals surface area contributed by atoms with Crippen LogP contribution in [0.25, 0.3) is 0 Å². The van der Waals surface area contributed by atoms with E-state index in [1.165, 1.54) is 37.7 Å². The number of carbonyl (C=O) groups is 1. The number of halogens is 1. The third-order valence-electron chi connectivity index (χ3n) is 6.61. The highest BCUT2D eigenvalue weighted by atomic mass is 35.5. The van der Waals surface area contributed by atoms with Gasteiger partial charge in [-0.15, -0.1) is 0 Å². The molecule has 1 amide bonds. The molecule has 2 fully saturated rings. The molecule has 1 heterocycles. The number of rotatable bonds is 5. The van der Waals surface area contributed by atoms with E-state index < -0.39 is 0 Å². The van der Waals surface area contributed by atoms with Gasteiger partial charge in [0.15, 0.2) is 0 Å². The average molecular weight is 392 g/mol. The van der Waals surface area contributed by atoms with E-state index in [0.29, 0.717) is 0 Å². The first kappa shape index (κ1) is 20.7. The minimum absolute atomic E-state index is 0.144. The van der Waals surface area contributed by atoms with E-state index in [0.717, 1.165) is 37.4 Å². The molecule has 1 aromatic rings. The van der Waals surface area contributed by atoms with Gasteiger partial charge < -0.3 is 9.64 Å². The van der Waals surface area contributed by atoms with Gasteiger partial charge in [-0.1, -0.05) is 43.0 Å². The van der Waals surface area contributed by atoms with Crippen molar-refractivity contribution in [3.05, 3.63) is 34.9 Å². The van der Waals surface area contributed by atoms with Gasteiger partial charge in [0.1, 0.15) is 0 Å². The largest absolute Gasteiger partial charge is 0.375 e. The lowest BCUT2D eigenvalue weighted by Crippen LogP contribution is -2.49. The standard InChI is InChI=1S/C23H34ClNO2/c1-18(26)25(21-11-16-27-22(2,3)17-21)15-14-23(12-5-4-6-13-23)19-7-9-20(24)10-8-19/h7-10,21H,4-6,11-17H2,1-3H3/t21-/m0/s1. The molecule has 0 unspecified atom stereocenters. The van der Waals surface area contributed by atoms with Crippen molar-refractivity contribution in [1.82, 2.24) is 4.90 Å². The quantitative estimate of drug-likeness (QED) is 0.640. The zero-order valence-corrected chi connectivity index (χ0v) is 17.9. The maximum absolute atomic E-state index is 12.5. The molecule has 1 saturated heterocycles. The van der Waals surface area contributed by atoms with Crippen molar-refractivity contribution in [1.29, 1.82) is 0 Å². The van der Waals surface area contributed by atoms with Gasteiger partial charge in [-0.3, -0.25) is 4.79 Å². The molecule has 0 radical (unpaired) electrons. The lowest BCUT2D eigenvalue weighted by Gasteiger charge is -2.44. The van der Waals surface area contributed by atoms with Crippen molar-refractivity contribution in [2.45, 2.75) is 89.2 Å². The fraction of sp³-hybridized carbons (Fsp3) is 0.696. The number of hydrogen-bond donors (Lipinski definition) is 0. The zero-order chi connectivity index (χ0) is 19.5. The Morgan fingerprint density at radius 1 is 1.19 bits per heavy atom. The summed E-state index contributed by atoms with van der Waals surface area (Å²) in [7, 11) is 0. The van der Waals surface area contributed by atoms with E-state index in [4.69, 9.17) is 16.3 Å². The van der Waals surface area contributed by atoms with Crippen molar-refractivity contribution < 1.29 is 9.53 Å². The highest BCUT2D eigenvalue weighted by Gasteiger charge is 2.37. The summed E-state index contributed by atoms with van der Waals surface area (Å²) in [5.74, 6) is 0.194. The van der Waals surface area contributed by atoms with Crippen LogP contribution in [0.3, 0.4) is 0 Å². The molecule has 1 saturated carbocycles. The Kier molecular flexibility index (Phi) is 6.53. The van der Waals surface area contributed by atoms with Gasteiger partial charge in [0.2, 0.25) is 5.91 Å². The maximum atomic E-state index is 12.5. The van der Waals surface area contributed by atoms with Gasteiger partial charge in [-0.25, -0.2) is 0 Å². The van der Waals surface area contributed by atoms with Gasteiger partial charge in [0.05, 0.1) is 5.60 Å². The van der Waals surface area contributed by atoms with Crippen LogP contribution in [-0.4, -0.2) is 35.6 Å². The normalized spacial score (nSPS) is 24.4. The molecule has 1 atom stereocenters. The minimum Gasteiger partial charge on any atom is -0.375 e. The molecule has 4 heteroatoms. The smallest absolute Gasteiger partial charge is 0.219 e. The van der Waals surface area contributed by atoms with Crippen molar-refractivity contribution in [3.8, 4) is 0 Å². The monoisotopic (exact) mass is 391 g/mol. The summed E-state index contributed by atoms with van der Waals surface area (Å²) >= 11 is 6.13. The van der Waals surface area contributed by atoms with Gasteiger partial charge in [-0.2, -0.15) is 0 Å². The summed E-state index contributed by atoms with van der Waals surface area (Å²) in [6.45, 7) is 7.56. The second-order valence-corrected chi connectivity index (χ2v) is 9.50. The van der Waals surface area contributed by atoms with Gasteiger partial charge >= 0.3 is 0 Å². The fourth-order valence-corrected chi connectivity index (χ4v) is 5.24. The van der Waals surface area contributed by atoms with Crippen molar-refractivity contribution in [3.63, 3.8) is 0 Å². The van der Waals surface area contributed by atoms with E-state index in [1.54, 1.807) is 6.92 Å². The molecule has 1 aromatic carbocycles. The van der Waals surface area contributed by atoms with Crippen molar-refractivity contribution in [2.24, 2.45) is 0 Å². The Morgan fingerprint density at radius 2 is 1.85 bits per heavy atom.